The number of hydrogen-bond donors (Lipinski definition) is 2. The van der Waals surface area contributed by atoms with Crippen LogP contribution in [0.1, 0.15) is 26.3 Å². The largest absolute Gasteiger partial charge is 0.496 e. The number of hydrazine groups is 1. The molecule has 2 aromatic carbocycles. The van der Waals surface area contributed by atoms with Crippen LogP contribution in [0.5, 0.6) is 5.75 Å². The number of aryl methyl sites for hydroxylation is 1. The molecule has 120 valence electrons. The standard InChI is InChI=1S/C16H14BrIN2O3/c1-9-3-4-11(8-13(9)18)16(22)20-19-15(21)10-5-6-14(23-2)12(17)7-10/h3-8H,1-2H3,(H,19,21)(H,20,22). The van der Waals surface area contributed by atoms with Crippen molar-refractivity contribution in [1.82, 2.24) is 10.9 Å². The Bertz CT molecular complexity index is 765. The van der Waals surface area contributed by atoms with Gasteiger partial charge in [-0.2, -0.15) is 0 Å². The predicted molar refractivity (Wildman–Crippen MR) is 99.5 cm³/mol. The van der Waals surface area contributed by atoms with Crippen LogP contribution in [0.15, 0.2) is 40.9 Å². The summed E-state index contributed by atoms with van der Waals surface area (Å²) in [4.78, 5) is 24.1. The van der Waals surface area contributed by atoms with Crippen LogP contribution in [-0.2, 0) is 0 Å². The summed E-state index contributed by atoms with van der Waals surface area (Å²) in [7, 11) is 1.54. The van der Waals surface area contributed by atoms with Gasteiger partial charge in [-0.15, -0.1) is 0 Å². The van der Waals surface area contributed by atoms with E-state index in [-0.39, 0.29) is 5.91 Å². The number of nitrogens with one attached hydrogen (secondary N) is 2. The maximum absolute atomic E-state index is 12.1. The number of hydrogen-bond acceptors (Lipinski definition) is 3. The van der Waals surface area contributed by atoms with Gasteiger partial charge < -0.3 is 4.74 Å². The lowest BCUT2D eigenvalue weighted by molar-refractivity contribution is 0.0846. The van der Waals surface area contributed by atoms with Crippen molar-refractivity contribution in [1.29, 1.82) is 0 Å². The summed E-state index contributed by atoms with van der Waals surface area (Å²) < 4.78 is 6.75. The molecule has 2 N–H and O–H groups in total. The molecule has 0 aromatic heterocycles. The molecule has 0 fully saturated rings. The average molecular weight is 489 g/mol. The Morgan fingerprint density at radius 2 is 1.61 bits per heavy atom. The SMILES string of the molecule is COc1ccc(C(=O)NNC(=O)c2ccc(C)c(I)c2)cc1Br. The van der Waals surface area contributed by atoms with Crippen molar-refractivity contribution in [3.63, 3.8) is 0 Å². The van der Waals surface area contributed by atoms with Crippen LogP contribution in [0.3, 0.4) is 0 Å². The molecule has 7 heteroatoms. The quantitative estimate of drug-likeness (QED) is 0.513. The third-order valence-corrected chi connectivity index (χ3v) is 4.92. The molecule has 0 spiro atoms. The molecular formula is C16H14BrIN2O3. The van der Waals surface area contributed by atoms with E-state index < -0.39 is 5.91 Å². The maximum Gasteiger partial charge on any atom is 0.269 e. The van der Waals surface area contributed by atoms with Crippen molar-refractivity contribution >= 4 is 50.3 Å². The fourth-order valence-corrected chi connectivity index (χ4v) is 2.86. The normalized spacial score (nSPS) is 10.1. The Kier molecular flexibility index (Phi) is 6.00. The smallest absolute Gasteiger partial charge is 0.269 e. The zero-order valence-corrected chi connectivity index (χ0v) is 16.2. The summed E-state index contributed by atoms with van der Waals surface area (Å²) in [6.45, 7) is 1.97. The summed E-state index contributed by atoms with van der Waals surface area (Å²) in [5.41, 5.74) is 6.77. The number of amides is 2. The lowest BCUT2D eigenvalue weighted by Gasteiger charge is -2.09. The topological polar surface area (TPSA) is 67.4 Å². The highest BCUT2D eigenvalue weighted by atomic mass is 127. The molecule has 0 saturated carbocycles. The number of ether oxygens (including phenoxy) is 1. The van der Waals surface area contributed by atoms with Crippen LogP contribution < -0.4 is 15.6 Å². The highest BCUT2D eigenvalue weighted by Gasteiger charge is 2.11. The Morgan fingerprint density at radius 1 is 1.04 bits per heavy atom. The molecule has 0 aliphatic carbocycles. The van der Waals surface area contributed by atoms with Crippen molar-refractivity contribution in [2.45, 2.75) is 6.92 Å². The zero-order chi connectivity index (χ0) is 17.0. The molecule has 5 nitrogen and oxygen atoms in total. The minimum Gasteiger partial charge on any atom is -0.496 e. The Morgan fingerprint density at radius 3 is 2.13 bits per heavy atom. The first-order valence-corrected chi connectivity index (χ1v) is 8.50. The molecule has 2 amide bonds. The molecule has 2 aromatic rings. The maximum atomic E-state index is 12.1. The van der Waals surface area contributed by atoms with Crippen molar-refractivity contribution in [2.75, 3.05) is 7.11 Å². The number of carbonyl (C=O) groups is 2. The summed E-state index contributed by atoms with van der Waals surface area (Å²) in [5, 5.41) is 0. The van der Waals surface area contributed by atoms with E-state index in [1.54, 1.807) is 37.4 Å². The number of methoxy groups -OCH3 is 1. The highest BCUT2D eigenvalue weighted by molar-refractivity contribution is 14.1. The molecule has 0 radical (unpaired) electrons. The third-order valence-electron chi connectivity index (χ3n) is 3.14. The average Bonchev–Trinajstić information content (AvgIpc) is 2.54. The minimum absolute atomic E-state index is 0.371. The van der Waals surface area contributed by atoms with Gasteiger partial charge in [0.25, 0.3) is 11.8 Å². The van der Waals surface area contributed by atoms with Crippen LogP contribution in [0, 0.1) is 10.5 Å². The number of carbonyl (C=O) groups excluding carboxylic acids is 2. The van der Waals surface area contributed by atoms with Crippen LogP contribution in [0.25, 0.3) is 0 Å². The summed E-state index contributed by atoms with van der Waals surface area (Å²) in [6, 6.07) is 10.2. The first-order valence-electron chi connectivity index (χ1n) is 6.62. The summed E-state index contributed by atoms with van der Waals surface area (Å²) in [6.07, 6.45) is 0. The molecule has 0 heterocycles. The molecule has 0 bridgehead atoms. The number of benzene rings is 2. The second-order valence-corrected chi connectivity index (χ2v) is 6.74. The van der Waals surface area contributed by atoms with Crippen molar-refractivity contribution in [2.24, 2.45) is 0 Å². The van der Waals surface area contributed by atoms with Crippen LogP contribution in [-0.4, -0.2) is 18.9 Å². The molecular weight excluding hydrogens is 475 g/mol. The highest BCUT2D eigenvalue weighted by Crippen LogP contribution is 2.25. The summed E-state index contributed by atoms with van der Waals surface area (Å²) in [5.74, 6) is -0.160. The Balaban J connectivity index is 2.02. The van der Waals surface area contributed by atoms with Gasteiger partial charge in [-0.25, -0.2) is 0 Å². The van der Waals surface area contributed by atoms with Gasteiger partial charge in [0.1, 0.15) is 5.75 Å². The van der Waals surface area contributed by atoms with E-state index in [4.69, 9.17) is 4.74 Å². The van der Waals surface area contributed by atoms with Gasteiger partial charge in [0.05, 0.1) is 11.6 Å². The third kappa shape index (κ3) is 4.44. The van der Waals surface area contributed by atoms with E-state index in [9.17, 15) is 9.59 Å². The van der Waals surface area contributed by atoms with E-state index >= 15 is 0 Å². The first kappa shape index (κ1) is 17.7. The molecule has 0 aliphatic rings. The van der Waals surface area contributed by atoms with Crippen molar-refractivity contribution < 1.29 is 14.3 Å². The molecule has 0 saturated heterocycles. The second-order valence-electron chi connectivity index (χ2n) is 4.72. The minimum atomic E-state index is -0.413. The second kappa shape index (κ2) is 7.78. The Hall–Kier alpha value is -1.61. The van der Waals surface area contributed by atoms with E-state index in [1.807, 2.05) is 13.0 Å². The van der Waals surface area contributed by atoms with Gasteiger partial charge >= 0.3 is 0 Å². The molecule has 0 atom stereocenters. The van der Waals surface area contributed by atoms with E-state index in [1.165, 1.54) is 0 Å². The Labute approximate surface area is 156 Å². The molecule has 0 aliphatic heterocycles. The fraction of sp³-hybridized carbons (Fsp3) is 0.125. The van der Waals surface area contributed by atoms with Gasteiger partial charge in [0.2, 0.25) is 0 Å². The van der Waals surface area contributed by atoms with E-state index in [0.29, 0.717) is 21.3 Å². The van der Waals surface area contributed by atoms with Crippen LogP contribution in [0.4, 0.5) is 0 Å². The van der Waals surface area contributed by atoms with Crippen molar-refractivity contribution in [3.8, 4) is 5.75 Å². The van der Waals surface area contributed by atoms with Gasteiger partial charge in [0, 0.05) is 14.7 Å². The molecule has 0 unspecified atom stereocenters. The van der Waals surface area contributed by atoms with Crippen molar-refractivity contribution in [3.05, 3.63) is 61.1 Å². The molecule has 23 heavy (non-hydrogen) atoms. The summed E-state index contributed by atoms with van der Waals surface area (Å²) >= 11 is 5.47. The van der Waals surface area contributed by atoms with Gasteiger partial charge in [-0.1, -0.05) is 6.07 Å². The lowest BCUT2D eigenvalue weighted by Crippen LogP contribution is -2.41. The van der Waals surface area contributed by atoms with Crippen LogP contribution in [0.2, 0.25) is 0 Å². The molecule has 2 rings (SSSR count). The van der Waals surface area contributed by atoms with E-state index in [2.05, 4.69) is 49.4 Å². The van der Waals surface area contributed by atoms with Gasteiger partial charge in [-0.05, 0) is 81.3 Å². The van der Waals surface area contributed by atoms with E-state index in [0.717, 1.165) is 9.13 Å². The lowest BCUT2D eigenvalue weighted by atomic mass is 10.1. The van der Waals surface area contributed by atoms with Crippen LogP contribution >= 0.6 is 38.5 Å². The predicted octanol–water partition coefficient (Wildman–Crippen LogP) is 3.45. The zero-order valence-electron chi connectivity index (χ0n) is 12.4. The van der Waals surface area contributed by atoms with Gasteiger partial charge in [0.15, 0.2) is 0 Å². The monoisotopic (exact) mass is 488 g/mol. The van der Waals surface area contributed by atoms with Gasteiger partial charge in [-0.3, -0.25) is 20.4 Å². The number of rotatable bonds is 3. The fourth-order valence-electron chi connectivity index (χ4n) is 1.80. The number of halogens is 2. The first-order chi connectivity index (χ1) is 10.9.